The van der Waals surface area contributed by atoms with E-state index in [0.29, 0.717) is 32.3 Å². The van der Waals surface area contributed by atoms with Gasteiger partial charge in [-0.05, 0) is 123 Å². The predicted molar refractivity (Wildman–Crippen MR) is 298 cm³/mol. The first kappa shape index (κ1) is 67.1. The molecule has 0 bridgehead atoms. The van der Waals surface area contributed by atoms with Crippen LogP contribution in [-0.2, 0) is 28.5 Å². The van der Waals surface area contributed by atoms with Gasteiger partial charge in [0.25, 0.3) is 0 Å². The molecule has 8 nitrogen and oxygen atoms in total. The molecule has 0 heterocycles. The Labute approximate surface area is 433 Å². The molecule has 0 fully saturated rings. The third kappa shape index (κ3) is 52.9. The molecule has 0 N–H and O–H groups in total. The van der Waals surface area contributed by atoms with Crippen molar-refractivity contribution >= 4 is 18.1 Å². The number of hydrogen-bond acceptors (Lipinski definition) is 8. The standard InChI is InChI=1S/C62H113NO7/c1-6-9-12-15-18-21-24-26-28-29-30-32-33-35-38-41-44-47-51-59(57-68-60(64)52-48-45-42-39-36-34-31-27-25-22-19-16-13-10-7-2)69-61(65)54-53-58(70-62(66)67-56-49-55-63(4)5)50-46-43-40-37-23-20-17-14-11-8-3/h18-19,21-22,26-28,31,58-59H,6-17,20,23-25,29-30,32-57H2,1-5H3/b21-18-,22-19-,28-26-,31-27-. The first-order chi connectivity index (χ1) is 34.3. The van der Waals surface area contributed by atoms with Crippen LogP contribution in [0.4, 0.5) is 4.79 Å². The third-order valence-electron chi connectivity index (χ3n) is 13.1. The van der Waals surface area contributed by atoms with Crippen LogP contribution in [0.1, 0.15) is 284 Å². The van der Waals surface area contributed by atoms with E-state index < -0.39 is 18.4 Å². The van der Waals surface area contributed by atoms with Crippen LogP contribution < -0.4 is 0 Å². The minimum Gasteiger partial charge on any atom is -0.462 e. The van der Waals surface area contributed by atoms with Crippen LogP contribution in [0.5, 0.6) is 0 Å². The van der Waals surface area contributed by atoms with Crippen LogP contribution in [0.25, 0.3) is 0 Å². The minimum atomic E-state index is -0.665. The Morgan fingerprint density at radius 2 is 0.786 bits per heavy atom. The van der Waals surface area contributed by atoms with Gasteiger partial charge in [0.05, 0.1) is 6.61 Å². The first-order valence-electron chi connectivity index (χ1n) is 29.7. The van der Waals surface area contributed by atoms with Crippen LogP contribution >= 0.6 is 0 Å². The van der Waals surface area contributed by atoms with Gasteiger partial charge in [0, 0.05) is 19.4 Å². The number of ether oxygens (including phenoxy) is 4. The number of rotatable bonds is 53. The Balaban J connectivity index is 4.95. The van der Waals surface area contributed by atoms with Crippen molar-refractivity contribution in [3.8, 4) is 0 Å². The summed E-state index contributed by atoms with van der Waals surface area (Å²) in [6.45, 7) is 7.96. The first-order valence-corrected chi connectivity index (χ1v) is 29.7. The Morgan fingerprint density at radius 1 is 0.386 bits per heavy atom. The van der Waals surface area contributed by atoms with Gasteiger partial charge in [0.1, 0.15) is 18.8 Å². The summed E-state index contributed by atoms with van der Waals surface area (Å²) in [4.78, 5) is 41.0. The van der Waals surface area contributed by atoms with E-state index in [-0.39, 0.29) is 25.0 Å². The Bertz CT molecular complexity index is 1260. The number of unbranched alkanes of at least 4 members (excludes halogenated alkanes) is 28. The number of carbonyl (C=O) groups excluding carboxylic acids is 3. The summed E-state index contributed by atoms with van der Waals surface area (Å²) in [6, 6.07) is 0. The maximum absolute atomic E-state index is 13.4. The topological polar surface area (TPSA) is 91.4 Å². The van der Waals surface area contributed by atoms with Crippen LogP contribution in [-0.4, -0.2) is 69.1 Å². The van der Waals surface area contributed by atoms with E-state index in [1.807, 2.05) is 14.1 Å². The highest BCUT2D eigenvalue weighted by Gasteiger charge is 2.21. The monoisotopic (exact) mass is 984 g/mol. The van der Waals surface area contributed by atoms with Crippen LogP contribution in [0.3, 0.4) is 0 Å². The van der Waals surface area contributed by atoms with Crippen LogP contribution in [0, 0.1) is 0 Å². The second kappa shape index (κ2) is 55.4. The molecule has 0 aromatic rings. The molecule has 70 heavy (non-hydrogen) atoms. The average Bonchev–Trinajstić information content (AvgIpc) is 3.34. The van der Waals surface area contributed by atoms with Gasteiger partial charge in [-0.1, -0.05) is 211 Å². The van der Waals surface area contributed by atoms with Gasteiger partial charge in [-0.3, -0.25) is 9.59 Å². The van der Waals surface area contributed by atoms with Gasteiger partial charge in [0.15, 0.2) is 0 Å². The predicted octanol–water partition coefficient (Wildman–Crippen LogP) is 18.8. The molecule has 0 saturated heterocycles. The smallest absolute Gasteiger partial charge is 0.462 e. The van der Waals surface area contributed by atoms with E-state index in [1.54, 1.807) is 0 Å². The van der Waals surface area contributed by atoms with E-state index in [2.05, 4.69) is 74.3 Å². The lowest BCUT2D eigenvalue weighted by Gasteiger charge is -2.20. The number of allylic oxidation sites excluding steroid dienone is 8. The second-order valence-electron chi connectivity index (χ2n) is 20.4. The van der Waals surface area contributed by atoms with Crippen molar-refractivity contribution in [2.24, 2.45) is 0 Å². The number of nitrogens with zero attached hydrogens (tertiary/aromatic N) is 1. The van der Waals surface area contributed by atoms with Crippen LogP contribution in [0.15, 0.2) is 48.6 Å². The highest BCUT2D eigenvalue weighted by molar-refractivity contribution is 5.70. The van der Waals surface area contributed by atoms with Crippen molar-refractivity contribution in [2.45, 2.75) is 296 Å². The molecular formula is C62H113NO7. The molecule has 0 aliphatic rings. The van der Waals surface area contributed by atoms with Gasteiger partial charge in [-0.2, -0.15) is 0 Å². The lowest BCUT2D eigenvalue weighted by Crippen LogP contribution is -2.27. The lowest BCUT2D eigenvalue weighted by molar-refractivity contribution is -0.160. The average molecular weight is 985 g/mol. The van der Waals surface area contributed by atoms with Gasteiger partial charge in [-0.15, -0.1) is 0 Å². The Kier molecular flexibility index (Phi) is 53.2. The summed E-state index contributed by atoms with van der Waals surface area (Å²) in [6.07, 6.45) is 61.4. The summed E-state index contributed by atoms with van der Waals surface area (Å²) in [7, 11) is 3.99. The molecule has 0 amide bonds. The number of hydrogen-bond donors (Lipinski definition) is 0. The molecule has 0 aromatic carbocycles. The maximum Gasteiger partial charge on any atom is 0.508 e. The summed E-state index contributed by atoms with van der Waals surface area (Å²) in [5.41, 5.74) is 0. The van der Waals surface area contributed by atoms with E-state index in [9.17, 15) is 14.4 Å². The fraction of sp³-hybridized carbons (Fsp3) is 0.823. The Hall–Kier alpha value is -2.87. The SMILES string of the molecule is CCCCC/C=C\C/C=C\CCCCCCCCCCC(COC(=O)CCCCCCC/C=C\C/C=C\CCCCC)OC(=O)CCC(CCCCCCCCCCCC)OC(=O)OCCCN(C)C. The molecule has 0 spiro atoms. The molecule has 0 aliphatic heterocycles. The molecule has 2 unspecified atom stereocenters. The zero-order valence-corrected chi connectivity index (χ0v) is 46.7. The molecule has 0 aliphatic carbocycles. The number of carbonyl (C=O) groups is 3. The summed E-state index contributed by atoms with van der Waals surface area (Å²) >= 11 is 0. The minimum absolute atomic E-state index is 0.0896. The zero-order chi connectivity index (χ0) is 51.1. The Morgan fingerprint density at radius 3 is 1.26 bits per heavy atom. The van der Waals surface area contributed by atoms with Crippen LogP contribution in [0.2, 0.25) is 0 Å². The van der Waals surface area contributed by atoms with Crippen molar-refractivity contribution in [2.75, 3.05) is 33.9 Å². The quantitative estimate of drug-likeness (QED) is 0.0258. The van der Waals surface area contributed by atoms with Crippen molar-refractivity contribution in [3.63, 3.8) is 0 Å². The van der Waals surface area contributed by atoms with E-state index in [1.165, 1.54) is 154 Å². The van der Waals surface area contributed by atoms with Crippen molar-refractivity contribution in [3.05, 3.63) is 48.6 Å². The normalized spacial score (nSPS) is 12.8. The molecule has 0 saturated carbocycles. The van der Waals surface area contributed by atoms with Gasteiger partial charge < -0.3 is 23.8 Å². The highest BCUT2D eigenvalue weighted by atomic mass is 16.7. The third-order valence-corrected chi connectivity index (χ3v) is 13.1. The molecule has 2 atom stereocenters. The molecule has 0 rings (SSSR count). The highest BCUT2D eigenvalue weighted by Crippen LogP contribution is 2.19. The van der Waals surface area contributed by atoms with Crippen molar-refractivity contribution in [1.29, 1.82) is 0 Å². The van der Waals surface area contributed by atoms with Gasteiger partial charge in [-0.25, -0.2) is 4.79 Å². The maximum atomic E-state index is 13.4. The zero-order valence-electron chi connectivity index (χ0n) is 46.7. The van der Waals surface area contributed by atoms with E-state index in [0.717, 1.165) is 83.6 Å². The fourth-order valence-corrected chi connectivity index (χ4v) is 8.58. The molecule has 0 radical (unpaired) electrons. The van der Waals surface area contributed by atoms with Gasteiger partial charge in [0.2, 0.25) is 0 Å². The molecule has 0 aromatic heterocycles. The van der Waals surface area contributed by atoms with Gasteiger partial charge >= 0.3 is 18.1 Å². The second-order valence-corrected chi connectivity index (χ2v) is 20.4. The lowest BCUT2D eigenvalue weighted by atomic mass is 10.0. The molecular weight excluding hydrogens is 871 g/mol. The molecule has 8 heteroatoms. The van der Waals surface area contributed by atoms with E-state index in [4.69, 9.17) is 18.9 Å². The van der Waals surface area contributed by atoms with Crippen molar-refractivity contribution < 1.29 is 33.3 Å². The molecule has 408 valence electrons. The van der Waals surface area contributed by atoms with E-state index >= 15 is 0 Å². The number of esters is 2. The van der Waals surface area contributed by atoms with Crippen molar-refractivity contribution in [1.82, 2.24) is 4.90 Å². The summed E-state index contributed by atoms with van der Waals surface area (Å²) in [5, 5.41) is 0. The summed E-state index contributed by atoms with van der Waals surface area (Å²) < 4.78 is 22.9. The summed E-state index contributed by atoms with van der Waals surface area (Å²) in [5.74, 6) is -0.551. The fourth-order valence-electron chi connectivity index (χ4n) is 8.58. The largest absolute Gasteiger partial charge is 0.508 e.